The van der Waals surface area contributed by atoms with E-state index in [9.17, 15) is 9.59 Å². The van der Waals surface area contributed by atoms with Gasteiger partial charge in [-0.3, -0.25) is 0 Å². The van der Waals surface area contributed by atoms with Crippen molar-refractivity contribution >= 4 is 24.6 Å². The van der Waals surface area contributed by atoms with Crippen molar-refractivity contribution in [1.29, 1.82) is 0 Å². The molecule has 1 unspecified atom stereocenters. The fraction of sp³-hybridized carbons (Fsp3) is 0.263. The summed E-state index contributed by atoms with van der Waals surface area (Å²) in [6, 6.07) is 15.7. The maximum absolute atomic E-state index is 12.3. The molecule has 0 fully saturated rings. The van der Waals surface area contributed by atoms with Crippen LogP contribution in [0.1, 0.15) is 46.0 Å². The molecule has 2 rings (SSSR count). The molecular formula is C19H20O3S. The van der Waals surface area contributed by atoms with Crippen molar-refractivity contribution in [3.05, 3.63) is 71.3 Å². The Morgan fingerprint density at radius 2 is 1.65 bits per heavy atom. The van der Waals surface area contributed by atoms with E-state index in [0.717, 1.165) is 24.8 Å². The Bertz CT molecular complexity index is 667. The van der Waals surface area contributed by atoms with Crippen LogP contribution in [0.3, 0.4) is 0 Å². The maximum atomic E-state index is 12.3. The molecule has 0 radical (unpaired) electrons. The van der Waals surface area contributed by atoms with Gasteiger partial charge in [-0.15, -0.1) is 0 Å². The number of carbonyl (C=O) groups is 2. The second-order valence-corrected chi connectivity index (χ2v) is 6.03. The Balaban J connectivity index is 2.08. The molecule has 4 heteroatoms. The molecule has 0 aliphatic rings. The van der Waals surface area contributed by atoms with E-state index in [4.69, 9.17) is 4.74 Å². The summed E-state index contributed by atoms with van der Waals surface area (Å²) in [5, 5.41) is 0.296. The molecule has 120 valence electrons. The lowest BCUT2D eigenvalue weighted by atomic mass is 10.0. The van der Waals surface area contributed by atoms with Gasteiger partial charge in [0, 0.05) is 5.25 Å². The van der Waals surface area contributed by atoms with Crippen molar-refractivity contribution in [3.63, 3.8) is 0 Å². The molecule has 0 aromatic heterocycles. The summed E-state index contributed by atoms with van der Waals surface area (Å²) in [5.74, 6) is -1.24. The largest absolute Gasteiger partial charge is 0.386 e. The molecule has 0 aliphatic heterocycles. The molecule has 0 spiro atoms. The van der Waals surface area contributed by atoms with Crippen LogP contribution in [0, 0.1) is 0 Å². The Morgan fingerprint density at radius 3 is 2.35 bits per heavy atom. The lowest BCUT2D eigenvalue weighted by molar-refractivity contribution is 0.0397. The minimum atomic E-state index is -0.633. The van der Waals surface area contributed by atoms with E-state index < -0.39 is 11.9 Å². The monoisotopic (exact) mass is 328 g/mol. The van der Waals surface area contributed by atoms with Crippen LogP contribution < -0.4 is 0 Å². The first-order chi connectivity index (χ1) is 11.1. The molecule has 0 saturated heterocycles. The van der Waals surface area contributed by atoms with Crippen LogP contribution >= 0.6 is 12.6 Å². The van der Waals surface area contributed by atoms with Crippen molar-refractivity contribution in [2.75, 3.05) is 0 Å². The molecule has 0 N–H and O–H groups in total. The molecule has 0 bridgehead atoms. The van der Waals surface area contributed by atoms with Gasteiger partial charge in [-0.1, -0.05) is 43.3 Å². The first-order valence-electron chi connectivity index (χ1n) is 7.69. The number of hydrogen-bond donors (Lipinski definition) is 1. The smallest absolute Gasteiger partial charge is 0.346 e. The van der Waals surface area contributed by atoms with Gasteiger partial charge in [0.05, 0.1) is 11.1 Å². The highest BCUT2D eigenvalue weighted by atomic mass is 32.1. The summed E-state index contributed by atoms with van der Waals surface area (Å²) < 4.78 is 5.00. The minimum absolute atomic E-state index is 0.296. The van der Waals surface area contributed by atoms with Crippen molar-refractivity contribution in [2.24, 2.45) is 0 Å². The number of thiol groups is 1. The highest BCUT2D eigenvalue weighted by molar-refractivity contribution is 7.80. The fourth-order valence-electron chi connectivity index (χ4n) is 2.24. The van der Waals surface area contributed by atoms with Gasteiger partial charge in [0.2, 0.25) is 0 Å². The third-order valence-electron chi connectivity index (χ3n) is 3.65. The third-order valence-corrected chi connectivity index (χ3v) is 4.27. The van der Waals surface area contributed by atoms with Crippen LogP contribution in [-0.2, 0) is 11.2 Å². The van der Waals surface area contributed by atoms with Crippen LogP contribution in [-0.4, -0.2) is 17.2 Å². The lowest BCUT2D eigenvalue weighted by Gasteiger charge is -2.11. The second-order valence-electron chi connectivity index (χ2n) is 5.30. The molecule has 2 aromatic rings. The number of hydrogen-bond acceptors (Lipinski definition) is 4. The van der Waals surface area contributed by atoms with Crippen LogP contribution in [0.4, 0.5) is 0 Å². The van der Waals surface area contributed by atoms with Gasteiger partial charge in [0.25, 0.3) is 0 Å². The van der Waals surface area contributed by atoms with Crippen molar-refractivity contribution < 1.29 is 14.3 Å². The van der Waals surface area contributed by atoms with Gasteiger partial charge in [-0.2, -0.15) is 12.6 Å². The number of ether oxygens (including phenoxy) is 1. The summed E-state index contributed by atoms with van der Waals surface area (Å²) in [6.45, 7) is 2.08. The fourth-order valence-corrected chi connectivity index (χ4v) is 2.37. The van der Waals surface area contributed by atoms with E-state index in [1.165, 1.54) is 0 Å². The summed E-state index contributed by atoms with van der Waals surface area (Å²) in [4.78, 5) is 24.3. The minimum Gasteiger partial charge on any atom is -0.386 e. The molecule has 3 nitrogen and oxygen atoms in total. The highest BCUT2D eigenvalue weighted by Crippen LogP contribution is 2.17. The van der Waals surface area contributed by atoms with E-state index in [0.29, 0.717) is 16.4 Å². The standard InChI is InChI=1S/C19H20O3S/c1-2-16(23)13-12-14-8-6-7-11-17(14)19(21)22-18(20)15-9-4-3-5-10-15/h3-11,16,23H,2,12-13H2,1H3. The average Bonchev–Trinajstić information content (AvgIpc) is 2.60. The number of rotatable bonds is 6. The normalized spacial score (nSPS) is 11.7. The molecule has 2 aromatic carbocycles. The first-order valence-corrected chi connectivity index (χ1v) is 8.21. The number of aryl methyl sites for hydroxylation is 1. The maximum Gasteiger partial charge on any atom is 0.346 e. The van der Waals surface area contributed by atoms with Gasteiger partial charge in [-0.05, 0) is 43.0 Å². The number of carbonyl (C=O) groups excluding carboxylic acids is 2. The van der Waals surface area contributed by atoms with Gasteiger partial charge in [0.1, 0.15) is 0 Å². The Hall–Kier alpha value is -2.07. The second kappa shape index (κ2) is 8.53. The summed E-state index contributed by atoms with van der Waals surface area (Å²) in [7, 11) is 0. The molecule has 0 saturated carbocycles. The Labute approximate surface area is 142 Å². The average molecular weight is 328 g/mol. The lowest BCUT2D eigenvalue weighted by Crippen LogP contribution is -2.15. The van der Waals surface area contributed by atoms with E-state index in [2.05, 4.69) is 19.6 Å². The molecular weight excluding hydrogens is 308 g/mol. The van der Waals surface area contributed by atoms with Crippen molar-refractivity contribution in [2.45, 2.75) is 31.4 Å². The Morgan fingerprint density at radius 1 is 1.00 bits per heavy atom. The zero-order valence-electron chi connectivity index (χ0n) is 13.1. The van der Waals surface area contributed by atoms with Crippen LogP contribution in [0.25, 0.3) is 0 Å². The van der Waals surface area contributed by atoms with E-state index in [-0.39, 0.29) is 0 Å². The predicted octanol–water partition coefficient (Wildman–Crippen LogP) is 4.32. The number of benzene rings is 2. The first kappa shape index (κ1) is 17.3. The van der Waals surface area contributed by atoms with Crippen LogP contribution in [0.15, 0.2) is 54.6 Å². The van der Waals surface area contributed by atoms with E-state index in [1.807, 2.05) is 12.1 Å². The van der Waals surface area contributed by atoms with Crippen molar-refractivity contribution in [3.8, 4) is 0 Å². The van der Waals surface area contributed by atoms with Crippen molar-refractivity contribution in [1.82, 2.24) is 0 Å². The van der Waals surface area contributed by atoms with E-state index in [1.54, 1.807) is 42.5 Å². The van der Waals surface area contributed by atoms with Gasteiger partial charge in [-0.25, -0.2) is 9.59 Å². The van der Waals surface area contributed by atoms with Crippen LogP contribution in [0.2, 0.25) is 0 Å². The molecule has 23 heavy (non-hydrogen) atoms. The highest BCUT2D eigenvalue weighted by Gasteiger charge is 2.17. The van der Waals surface area contributed by atoms with Gasteiger partial charge >= 0.3 is 11.9 Å². The topological polar surface area (TPSA) is 43.4 Å². The zero-order valence-corrected chi connectivity index (χ0v) is 14.0. The summed E-state index contributed by atoms with van der Waals surface area (Å²) >= 11 is 4.48. The Kier molecular flexibility index (Phi) is 6.41. The number of esters is 2. The molecule has 0 heterocycles. The van der Waals surface area contributed by atoms with Gasteiger partial charge < -0.3 is 4.74 Å². The van der Waals surface area contributed by atoms with Crippen LogP contribution in [0.5, 0.6) is 0 Å². The molecule has 0 aliphatic carbocycles. The SMILES string of the molecule is CCC(S)CCc1ccccc1C(=O)OC(=O)c1ccccc1. The zero-order chi connectivity index (χ0) is 16.7. The van der Waals surface area contributed by atoms with E-state index >= 15 is 0 Å². The third kappa shape index (κ3) is 4.96. The quantitative estimate of drug-likeness (QED) is 0.488. The molecule has 0 amide bonds. The summed E-state index contributed by atoms with van der Waals surface area (Å²) in [5.41, 5.74) is 1.68. The predicted molar refractivity (Wildman–Crippen MR) is 94.0 cm³/mol. The van der Waals surface area contributed by atoms with Gasteiger partial charge in [0.15, 0.2) is 0 Å². The molecule has 1 atom stereocenters. The summed E-state index contributed by atoms with van der Waals surface area (Å²) in [6.07, 6.45) is 2.57.